The Hall–Kier alpha value is -1.62. The Balaban J connectivity index is 1.89. The Morgan fingerprint density at radius 1 is 1.29 bits per heavy atom. The number of ether oxygens (including phenoxy) is 1. The first kappa shape index (κ1) is 15.8. The summed E-state index contributed by atoms with van der Waals surface area (Å²) in [5.41, 5.74) is 0.731. The number of carbonyl (C=O) groups is 1. The largest absolute Gasteiger partial charge is 0.444 e. The van der Waals surface area contributed by atoms with Crippen LogP contribution in [0.3, 0.4) is 0 Å². The van der Waals surface area contributed by atoms with Crippen molar-refractivity contribution in [1.29, 1.82) is 0 Å². The van der Waals surface area contributed by atoms with Crippen molar-refractivity contribution in [3.05, 3.63) is 23.9 Å². The van der Waals surface area contributed by atoms with Crippen molar-refractivity contribution in [3.8, 4) is 0 Å². The van der Waals surface area contributed by atoms with E-state index in [4.69, 9.17) is 4.74 Å². The molecule has 0 radical (unpaired) electrons. The molecule has 0 aromatic carbocycles. The molecule has 0 aromatic heterocycles. The van der Waals surface area contributed by atoms with E-state index in [2.05, 4.69) is 29.0 Å². The number of amides is 1. The van der Waals surface area contributed by atoms with Crippen molar-refractivity contribution in [1.82, 2.24) is 9.80 Å². The van der Waals surface area contributed by atoms with E-state index in [0.29, 0.717) is 13.1 Å². The van der Waals surface area contributed by atoms with E-state index < -0.39 is 5.60 Å². The molecule has 1 fully saturated rings. The Labute approximate surface area is 127 Å². The summed E-state index contributed by atoms with van der Waals surface area (Å²) in [6.07, 6.45) is 7.80. The van der Waals surface area contributed by atoms with Crippen LogP contribution in [0.15, 0.2) is 28.9 Å². The maximum absolute atomic E-state index is 12.0. The van der Waals surface area contributed by atoms with Gasteiger partial charge in [0.2, 0.25) is 0 Å². The van der Waals surface area contributed by atoms with Gasteiger partial charge in [-0.1, -0.05) is 6.08 Å². The first-order valence-corrected chi connectivity index (χ1v) is 7.45. The second kappa shape index (κ2) is 6.43. The first-order chi connectivity index (χ1) is 9.85. The van der Waals surface area contributed by atoms with Gasteiger partial charge in [-0.2, -0.15) is 0 Å². The zero-order chi connectivity index (χ0) is 15.5. The predicted octanol–water partition coefficient (Wildman–Crippen LogP) is 2.45. The number of piperazine rings is 1. The summed E-state index contributed by atoms with van der Waals surface area (Å²) < 4.78 is 5.42. The van der Waals surface area contributed by atoms with E-state index in [0.717, 1.165) is 13.1 Å². The lowest BCUT2D eigenvalue weighted by Crippen LogP contribution is -2.52. The molecule has 1 atom stereocenters. The normalized spacial score (nSPS) is 23.7. The minimum Gasteiger partial charge on any atom is -0.444 e. The molecule has 0 spiro atoms. The highest BCUT2D eigenvalue weighted by Gasteiger charge is 2.27. The molecule has 2 heterocycles. The molecule has 0 aromatic rings. The molecule has 5 heteroatoms. The first-order valence-electron chi connectivity index (χ1n) is 7.45. The van der Waals surface area contributed by atoms with E-state index in [9.17, 15) is 4.79 Å². The van der Waals surface area contributed by atoms with Crippen molar-refractivity contribution in [3.63, 3.8) is 0 Å². The molecular formula is C16H25N3O2. The third kappa shape index (κ3) is 4.70. The molecule has 0 saturated carbocycles. The SMILES string of the molecule is CC1=CC(N2CCN(C(=O)OC(C)(C)C)CC2)C=CN=C1. The van der Waals surface area contributed by atoms with Crippen molar-refractivity contribution < 1.29 is 9.53 Å². The quantitative estimate of drug-likeness (QED) is 0.745. The van der Waals surface area contributed by atoms with Gasteiger partial charge >= 0.3 is 6.09 Å². The predicted molar refractivity (Wildman–Crippen MR) is 84.6 cm³/mol. The van der Waals surface area contributed by atoms with Gasteiger partial charge in [-0.25, -0.2) is 4.79 Å². The Morgan fingerprint density at radius 2 is 1.95 bits per heavy atom. The molecule has 0 N–H and O–H groups in total. The van der Waals surface area contributed by atoms with Crippen LogP contribution in [0.25, 0.3) is 0 Å². The number of carbonyl (C=O) groups excluding carboxylic acids is 1. The summed E-state index contributed by atoms with van der Waals surface area (Å²) >= 11 is 0. The molecular weight excluding hydrogens is 266 g/mol. The molecule has 2 aliphatic rings. The highest BCUT2D eigenvalue weighted by molar-refractivity contribution is 5.78. The molecule has 116 valence electrons. The lowest BCUT2D eigenvalue weighted by molar-refractivity contribution is 0.0136. The maximum Gasteiger partial charge on any atom is 0.410 e. The smallest absolute Gasteiger partial charge is 0.410 e. The fourth-order valence-corrected chi connectivity index (χ4v) is 2.42. The van der Waals surface area contributed by atoms with Gasteiger partial charge < -0.3 is 9.64 Å². The number of nitrogens with zero attached hydrogens (tertiary/aromatic N) is 3. The van der Waals surface area contributed by atoms with E-state index in [1.807, 2.05) is 33.2 Å². The third-order valence-corrected chi connectivity index (χ3v) is 3.47. The standard InChI is InChI=1S/C16H25N3O2/c1-13-11-14(5-6-17-12-13)18-7-9-19(10-8-18)15(20)21-16(2,3)4/h5-6,11-12,14H,7-10H2,1-4H3. The van der Waals surface area contributed by atoms with Crippen LogP contribution >= 0.6 is 0 Å². The van der Waals surface area contributed by atoms with Crippen LogP contribution in [0.4, 0.5) is 4.79 Å². The maximum atomic E-state index is 12.0. The van der Waals surface area contributed by atoms with Gasteiger partial charge in [0, 0.05) is 44.6 Å². The summed E-state index contributed by atoms with van der Waals surface area (Å²) in [5.74, 6) is 0. The molecule has 1 saturated heterocycles. The average Bonchev–Trinajstić information content (AvgIpc) is 2.62. The summed E-state index contributed by atoms with van der Waals surface area (Å²) in [7, 11) is 0. The van der Waals surface area contributed by atoms with Crippen LogP contribution in [-0.2, 0) is 4.74 Å². The lowest BCUT2D eigenvalue weighted by Gasteiger charge is -2.37. The molecule has 0 bridgehead atoms. The fraction of sp³-hybridized carbons (Fsp3) is 0.625. The number of rotatable bonds is 1. The van der Waals surface area contributed by atoms with Gasteiger partial charge in [-0.05, 0) is 39.3 Å². The van der Waals surface area contributed by atoms with Crippen molar-refractivity contribution in [2.24, 2.45) is 4.99 Å². The molecule has 2 aliphatic heterocycles. The van der Waals surface area contributed by atoms with E-state index in [1.54, 1.807) is 4.90 Å². The lowest BCUT2D eigenvalue weighted by atomic mass is 10.1. The minimum atomic E-state index is -0.435. The molecule has 2 rings (SSSR count). The second-order valence-electron chi connectivity index (χ2n) is 6.52. The molecule has 0 aliphatic carbocycles. The Morgan fingerprint density at radius 3 is 2.57 bits per heavy atom. The fourth-order valence-electron chi connectivity index (χ4n) is 2.42. The van der Waals surface area contributed by atoms with Gasteiger partial charge in [0.05, 0.1) is 0 Å². The monoisotopic (exact) mass is 291 g/mol. The minimum absolute atomic E-state index is 0.214. The van der Waals surface area contributed by atoms with Crippen LogP contribution in [0.5, 0.6) is 0 Å². The number of hydrogen-bond acceptors (Lipinski definition) is 4. The van der Waals surface area contributed by atoms with E-state index in [-0.39, 0.29) is 12.1 Å². The van der Waals surface area contributed by atoms with Gasteiger partial charge in [0.1, 0.15) is 5.60 Å². The van der Waals surface area contributed by atoms with Crippen molar-refractivity contribution in [2.75, 3.05) is 26.2 Å². The number of allylic oxidation sites excluding steroid dienone is 1. The number of hydrogen-bond donors (Lipinski definition) is 0. The van der Waals surface area contributed by atoms with Crippen LogP contribution in [0, 0.1) is 0 Å². The number of aliphatic imine (C=N–C) groups is 1. The topological polar surface area (TPSA) is 45.1 Å². The van der Waals surface area contributed by atoms with Gasteiger partial charge in [0.25, 0.3) is 0 Å². The summed E-state index contributed by atoms with van der Waals surface area (Å²) in [6, 6.07) is 0.258. The van der Waals surface area contributed by atoms with Crippen LogP contribution in [0.1, 0.15) is 27.7 Å². The van der Waals surface area contributed by atoms with E-state index in [1.165, 1.54) is 5.57 Å². The summed E-state index contributed by atoms with van der Waals surface area (Å²) in [5, 5.41) is 0. The zero-order valence-corrected chi connectivity index (χ0v) is 13.4. The van der Waals surface area contributed by atoms with Crippen LogP contribution < -0.4 is 0 Å². The van der Waals surface area contributed by atoms with Gasteiger partial charge in [0.15, 0.2) is 0 Å². The third-order valence-electron chi connectivity index (χ3n) is 3.47. The highest BCUT2D eigenvalue weighted by atomic mass is 16.6. The van der Waals surface area contributed by atoms with E-state index >= 15 is 0 Å². The highest BCUT2D eigenvalue weighted by Crippen LogP contribution is 2.15. The average molecular weight is 291 g/mol. The Bertz CT molecular complexity index is 466. The molecule has 5 nitrogen and oxygen atoms in total. The molecule has 21 heavy (non-hydrogen) atoms. The van der Waals surface area contributed by atoms with Crippen molar-refractivity contribution in [2.45, 2.75) is 39.3 Å². The van der Waals surface area contributed by atoms with Gasteiger partial charge in [-0.15, -0.1) is 0 Å². The molecule has 1 amide bonds. The summed E-state index contributed by atoms with van der Waals surface area (Å²) in [4.78, 5) is 20.4. The van der Waals surface area contributed by atoms with Crippen molar-refractivity contribution >= 4 is 12.3 Å². The second-order valence-corrected chi connectivity index (χ2v) is 6.52. The van der Waals surface area contributed by atoms with Gasteiger partial charge in [-0.3, -0.25) is 9.89 Å². The Kier molecular flexibility index (Phi) is 4.83. The molecule has 1 unspecified atom stereocenters. The summed E-state index contributed by atoms with van der Waals surface area (Å²) in [6.45, 7) is 10.8. The van der Waals surface area contributed by atoms with Crippen LogP contribution in [0.2, 0.25) is 0 Å². The zero-order valence-electron chi connectivity index (χ0n) is 13.4. The van der Waals surface area contributed by atoms with Crippen LogP contribution in [-0.4, -0.2) is 59.9 Å².